The van der Waals surface area contributed by atoms with Crippen molar-refractivity contribution in [2.45, 2.75) is 26.3 Å². The Kier molecular flexibility index (Phi) is 2.73. The normalized spacial score (nSPS) is 18.9. The molecule has 1 aromatic rings. The van der Waals surface area contributed by atoms with Gasteiger partial charge in [-0.25, -0.2) is 0 Å². The zero-order chi connectivity index (χ0) is 12.7. The molecule has 0 bridgehead atoms. The van der Waals surface area contributed by atoms with E-state index in [0.29, 0.717) is 13.1 Å². The second-order valence-electron chi connectivity index (χ2n) is 5.74. The van der Waals surface area contributed by atoms with Crippen molar-refractivity contribution in [1.29, 1.82) is 0 Å². The Labute approximate surface area is 101 Å². The summed E-state index contributed by atoms with van der Waals surface area (Å²) >= 11 is 0. The zero-order valence-electron chi connectivity index (χ0n) is 10.6. The third-order valence-corrected chi connectivity index (χ3v) is 3.18. The van der Waals surface area contributed by atoms with Gasteiger partial charge in [0.15, 0.2) is 0 Å². The predicted molar refractivity (Wildman–Crippen MR) is 63.3 cm³/mol. The molecule has 1 amide bonds. The van der Waals surface area contributed by atoms with Gasteiger partial charge in [0.2, 0.25) is 5.91 Å². The van der Waals surface area contributed by atoms with Gasteiger partial charge in [-0.3, -0.25) is 9.48 Å². The van der Waals surface area contributed by atoms with E-state index in [0.717, 1.165) is 0 Å². The minimum Gasteiger partial charge on any atom is -0.394 e. The van der Waals surface area contributed by atoms with E-state index in [2.05, 4.69) is 5.10 Å². The van der Waals surface area contributed by atoms with Crippen molar-refractivity contribution >= 4 is 5.91 Å². The molecule has 2 rings (SSSR count). The van der Waals surface area contributed by atoms with E-state index in [-0.39, 0.29) is 17.9 Å². The van der Waals surface area contributed by atoms with Gasteiger partial charge in [-0.2, -0.15) is 5.10 Å². The van der Waals surface area contributed by atoms with Crippen LogP contribution in [0.2, 0.25) is 0 Å². The SMILES string of the molecule is CC(C)(C)C(=O)N1CC(CO)(n2cccn2)C1. The molecule has 1 N–H and O–H groups in total. The van der Waals surface area contributed by atoms with Crippen LogP contribution in [0.5, 0.6) is 0 Å². The summed E-state index contributed by atoms with van der Waals surface area (Å²) < 4.78 is 1.75. The van der Waals surface area contributed by atoms with Crippen LogP contribution in [-0.4, -0.2) is 45.4 Å². The van der Waals surface area contributed by atoms with E-state index in [1.54, 1.807) is 15.8 Å². The van der Waals surface area contributed by atoms with Crippen LogP contribution in [0, 0.1) is 5.41 Å². The van der Waals surface area contributed by atoms with Gasteiger partial charge in [0, 0.05) is 30.9 Å². The average Bonchev–Trinajstić information content (AvgIpc) is 2.69. The summed E-state index contributed by atoms with van der Waals surface area (Å²) in [6.07, 6.45) is 3.51. The third kappa shape index (κ3) is 1.95. The van der Waals surface area contributed by atoms with Gasteiger partial charge in [-0.05, 0) is 6.07 Å². The van der Waals surface area contributed by atoms with Crippen molar-refractivity contribution in [2.24, 2.45) is 5.41 Å². The van der Waals surface area contributed by atoms with Gasteiger partial charge in [0.25, 0.3) is 0 Å². The number of aliphatic hydroxyl groups excluding tert-OH is 1. The van der Waals surface area contributed by atoms with E-state index in [9.17, 15) is 9.90 Å². The Bertz CT molecular complexity index is 400. The number of carbonyl (C=O) groups is 1. The number of likely N-dealkylation sites (tertiary alicyclic amines) is 1. The molecular weight excluding hydrogens is 218 g/mol. The van der Waals surface area contributed by atoms with Crippen LogP contribution in [0.25, 0.3) is 0 Å². The molecule has 1 aliphatic heterocycles. The summed E-state index contributed by atoms with van der Waals surface area (Å²) in [4.78, 5) is 13.8. The van der Waals surface area contributed by atoms with Crippen molar-refractivity contribution in [3.63, 3.8) is 0 Å². The molecular formula is C12H19N3O2. The topological polar surface area (TPSA) is 58.4 Å². The molecule has 1 aromatic heterocycles. The van der Waals surface area contributed by atoms with E-state index >= 15 is 0 Å². The average molecular weight is 237 g/mol. The molecule has 17 heavy (non-hydrogen) atoms. The van der Waals surface area contributed by atoms with Crippen molar-refractivity contribution in [1.82, 2.24) is 14.7 Å². The smallest absolute Gasteiger partial charge is 0.228 e. The highest BCUT2D eigenvalue weighted by atomic mass is 16.3. The van der Waals surface area contributed by atoms with Crippen molar-refractivity contribution in [2.75, 3.05) is 19.7 Å². The summed E-state index contributed by atoms with van der Waals surface area (Å²) in [6.45, 7) is 6.78. The lowest BCUT2D eigenvalue weighted by Gasteiger charge is -2.50. The number of hydrogen-bond acceptors (Lipinski definition) is 3. The highest BCUT2D eigenvalue weighted by molar-refractivity contribution is 5.82. The summed E-state index contributed by atoms with van der Waals surface area (Å²) in [5.74, 6) is 0.119. The summed E-state index contributed by atoms with van der Waals surface area (Å²) in [5.41, 5.74) is -0.795. The van der Waals surface area contributed by atoms with E-state index in [4.69, 9.17) is 0 Å². The minimum atomic E-state index is -0.426. The molecule has 1 saturated heterocycles. The Morgan fingerprint density at radius 3 is 2.53 bits per heavy atom. The fourth-order valence-corrected chi connectivity index (χ4v) is 2.15. The van der Waals surface area contributed by atoms with Gasteiger partial charge >= 0.3 is 0 Å². The lowest BCUT2D eigenvalue weighted by molar-refractivity contribution is -0.153. The highest BCUT2D eigenvalue weighted by Gasteiger charge is 2.48. The molecule has 0 radical (unpaired) electrons. The Morgan fingerprint density at radius 1 is 1.47 bits per heavy atom. The van der Waals surface area contributed by atoms with E-state index in [1.165, 1.54) is 0 Å². The maximum absolute atomic E-state index is 12.0. The largest absolute Gasteiger partial charge is 0.394 e. The molecule has 2 heterocycles. The Hall–Kier alpha value is -1.36. The van der Waals surface area contributed by atoms with Gasteiger partial charge < -0.3 is 10.0 Å². The fourth-order valence-electron chi connectivity index (χ4n) is 2.15. The van der Waals surface area contributed by atoms with Crippen molar-refractivity contribution in [3.8, 4) is 0 Å². The minimum absolute atomic E-state index is 0.00258. The second kappa shape index (κ2) is 3.84. The number of nitrogens with zero attached hydrogens (tertiary/aromatic N) is 3. The molecule has 5 heteroatoms. The van der Waals surface area contributed by atoms with Crippen molar-refractivity contribution in [3.05, 3.63) is 18.5 Å². The first-order chi connectivity index (χ1) is 7.89. The molecule has 0 atom stereocenters. The molecule has 0 spiro atoms. The third-order valence-electron chi connectivity index (χ3n) is 3.18. The number of carbonyl (C=O) groups excluding carboxylic acids is 1. The molecule has 94 valence electrons. The summed E-state index contributed by atoms with van der Waals surface area (Å²) in [6, 6.07) is 1.83. The highest BCUT2D eigenvalue weighted by Crippen LogP contribution is 2.31. The van der Waals surface area contributed by atoms with Crippen LogP contribution in [0.4, 0.5) is 0 Å². The molecule has 0 unspecified atom stereocenters. The second-order valence-corrected chi connectivity index (χ2v) is 5.74. The summed E-state index contributed by atoms with van der Waals surface area (Å²) in [7, 11) is 0. The number of aliphatic hydroxyl groups is 1. The number of hydrogen-bond donors (Lipinski definition) is 1. The molecule has 1 aliphatic rings. The van der Waals surface area contributed by atoms with E-state index in [1.807, 2.05) is 33.0 Å². The number of amides is 1. The quantitative estimate of drug-likeness (QED) is 0.813. The number of aromatic nitrogens is 2. The van der Waals surface area contributed by atoms with Gasteiger partial charge in [-0.15, -0.1) is 0 Å². The maximum atomic E-state index is 12.0. The first-order valence-corrected chi connectivity index (χ1v) is 5.79. The standard InChI is InChI=1S/C12H19N3O2/c1-11(2,3)10(17)14-7-12(8-14,9-16)15-6-4-5-13-15/h4-6,16H,7-9H2,1-3H3. The molecule has 0 aliphatic carbocycles. The molecule has 5 nitrogen and oxygen atoms in total. The Morgan fingerprint density at radius 2 is 2.12 bits per heavy atom. The fraction of sp³-hybridized carbons (Fsp3) is 0.667. The van der Waals surface area contributed by atoms with Crippen LogP contribution in [0.3, 0.4) is 0 Å². The first-order valence-electron chi connectivity index (χ1n) is 5.79. The van der Waals surface area contributed by atoms with Gasteiger partial charge in [0.1, 0.15) is 5.54 Å². The lowest BCUT2D eigenvalue weighted by atomic mass is 9.86. The van der Waals surface area contributed by atoms with Gasteiger partial charge in [-0.1, -0.05) is 20.8 Å². The molecule has 1 fully saturated rings. The monoisotopic (exact) mass is 237 g/mol. The zero-order valence-corrected chi connectivity index (χ0v) is 10.6. The van der Waals surface area contributed by atoms with Crippen molar-refractivity contribution < 1.29 is 9.90 Å². The van der Waals surface area contributed by atoms with Crippen LogP contribution < -0.4 is 0 Å². The van der Waals surface area contributed by atoms with E-state index < -0.39 is 5.54 Å². The predicted octanol–water partition coefficient (Wildman–Crippen LogP) is 0.459. The Balaban J connectivity index is 2.08. The lowest BCUT2D eigenvalue weighted by Crippen LogP contribution is -2.67. The van der Waals surface area contributed by atoms with Crippen LogP contribution in [0.15, 0.2) is 18.5 Å². The molecule has 0 saturated carbocycles. The van der Waals surface area contributed by atoms with Crippen LogP contribution >= 0.6 is 0 Å². The van der Waals surface area contributed by atoms with Crippen LogP contribution in [-0.2, 0) is 10.3 Å². The molecule has 0 aromatic carbocycles. The van der Waals surface area contributed by atoms with Crippen LogP contribution in [0.1, 0.15) is 20.8 Å². The maximum Gasteiger partial charge on any atom is 0.228 e. The summed E-state index contributed by atoms with van der Waals surface area (Å²) in [5, 5.41) is 13.7. The van der Waals surface area contributed by atoms with Gasteiger partial charge in [0.05, 0.1) is 6.61 Å². The number of rotatable bonds is 2. The first kappa shape index (κ1) is 12.1.